The summed E-state index contributed by atoms with van der Waals surface area (Å²) < 4.78 is 32.1. The van der Waals surface area contributed by atoms with Gasteiger partial charge in [-0.25, -0.2) is 13.8 Å². The first-order valence-corrected chi connectivity index (χ1v) is 6.38. The maximum absolute atomic E-state index is 13.7. The van der Waals surface area contributed by atoms with Gasteiger partial charge in [0.1, 0.15) is 5.82 Å². The minimum atomic E-state index is -0.774. The van der Waals surface area contributed by atoms with Crippen LogP contribution in [0.4, 0.5) is 8.78 Å². The van der Waals surface area contributed by atoms with Gasteiger partial charge in [-0.15, -0.1) is 0 Å². The SMILES string of the molecule is NCc1cnc(Oc2ccc(F)cc2F)c2ccccc12. The second-order valence-corrected chi connectivity index (χ2v) is 4.52. The largest absolute Gasteiger partial charge is 0.435 e. The van der Waals surface area contributed by atoms with Crippen molar-refractivity contribution < 1.29 is 13.5 Å². The van der Waals surface area contributed by atoms with Gasteiger partial charge in [0.2, 0.25) is 5.88 Å². The van der Waals surface area contributed by atoms with Gasteiger partial charge in [0.05, 0.1) is 0 Å². The molecule has 3 rings (SSSR count). The lowest BCUT2D eigenvalue weighted by molar-refractivity contribution is 0.428. The molecule has 0 radical (unpaired) electrons. The lowest BCUT2D eigenvalue weighted by atomic mass is 10.1. The van der Waals surface area contributed by atoms with E-state index in [4.69, 9.17) is 10.5 Å². The molecule has 3 aromatic rings. The van der Waals surface area contributed by atoms with Crippen molar-refractivity contribution in [3.8, 4) is 11.6 Å². The van der Waals surface area contributed by atoms with Gasteiger partial charge in [-0.3, -0.25) is 0 Å². The van der Waals surface area contributed by atoms with E-state index < -0.39 is 11.6 Å². The molecule has 0 aliphatic heterocycles. The highest BCUT2D eigenvalue weighted by Gasteiger charge is 2.11. The molecule has 2 N–H and O–H groups in total. The van der Waals surface area contributed by atoms with Crippen molar-refractivity contribution in [3.63, 3.8) is 0 Å². The lowest BCUT2D eigenvalue weighted by Crippen LogP contribution is -2.00. The van der Waals surface area contributed by atoms with Crippen LogP contribution in [0.5, 0.6) is 11.6 Å². The van der Waals surface area contributed by atoms with Gasteiger partial charge in [-0.2, -0.15) is 0 Å². The average Bonchev–Trinajstić information content (AvgIpc) is 2.50. The van der Waals surface area contributed by atoms with Gasteiger partial charge in [0.25, 0.3) is 0 Å². The first-order chi connectivity index (χ1) is 10.2. The molecule has 106 valence electrons. The summed E-state index contributed by atoms with van der Waals surface area (Å²) in [5.74, 6) is -1.25. The smallest absolute Gasteiger partial charge is 0.227 e. The standard InChI is InChI=1S/C16H12F2N2O/c17-11-5-6-15(14(18)7-11)21-16-13-4-2-1-3-12(13)10(8-19)9-20-16/h1-7,9H,8,19H2. The van der Waals surface area contributed by atoms with Crippen molar-refractivity contribution in [3.05, 3.63) is 65.9 Å². The Morgan fingerprint density at radius 2 is 1.81 bits per heavy atom. The highest BCUT2D eigenvalue weighted by molar-refractivity contribution is 5.89. The fourth-order valence-corrected chi connectivity index (χ4v) is 2.13. The van der Waals surface area contributed by atoms with Crippen LogP contribution in [-0.4, -0.2) is 4.98 Å². The average molecular weight is 286 g/mol. The van der Waals surface area contributed by atoms with Gasteiger partial charge in [-0.05, 0) is 29.1 Å². The van der Waals surface area contributed by atoms with E-state index in [2.05, 4.69) is 4.98 Å². The van der Waals surface area contributed by atoms with Crippen LogP contribution in [0.3, 0.4) is 0 Å². The van der Waals surface area contributed by atoms with Crippen molar-refractivity contribution in [2.24, 2.45) is 5.73 Å². The molecule has 0 unspecified atom stereocenters. The van der Waals surface area contributed by atoms with Gasteiger partial charge < -0.3 is 10.5 Å². The van der Waals surface area contributed by atoms with E-state index in [-0.39, 0.29) is 11.6 Å². The summed E-state index contributed by atoms with van der Waals surface area (Å²) in [5, 5.41) is 1.62. The van der Waals surface area contributed by atoms with Crippen LogP contribution >= 0.6 is 0 Å². The number of hydrogen-bond donors (Lipinski definition) is 1. The Kier molecular flexibility index (Phi) is 3.50. The molecule has 3 nitrogen and oxygen atoms in total. The second kappa shape index (κ2) is 5.46. The minimum absolute atomic E-state index is 0.0745. The van der Waals surface area contributed by atoms with Crippen molar-refractivity contribution in [1.29, 1.82) is 0 Å². The molecule has 5 heteroatoms. The van der Waals surface area contributed by atoms with Crippen molar-refractivity contribution >= 4 is 10.8 Å². The van der Waals surface area contributed by atoms with Crippen LogP contribution in [0.15, 0.2) is 48.7 Å². The van der Waals surface area contributed by atoms with E-state index in [1.54, 1.807) is 6.20 Å². The Morgan fingerprint density at radius 1 is 1.05 bits per heavy atom. The van der Waals surface area contributed by atoms with Crippen LogP contribution < -0.4 is 10.5 Å². The van der Waals surface area contributed by atoms with Crippen molar-refractivity contribution in [2.75, 3.05) is 0 Å². The van der Waals surface area contributed by atoms with Crippen molar-refractivity contribution in [1.82, 2.24) is 4.98 Å². The molecule has 1 aromatic heterocycles. The summed E-state index contributed by atoms with van der Waals surface area (Å²) in [6, 6.07) is 10.6. The van der Waals surface area contributed by atoms with Crippen LogP contribution in [0.2, 0.25) is 0 Å². The number of aromatic nitrogens is 1. The number of nitrogens with two attached hydrogens (primary N) is 1. The number of ether oxygens (including phenoxy) is 1. The summed E-state index contributed by atoms with van der Waals surface area (Å²) in [5.41, 5.74) is 6.55. The fourth-order valence-electron chi connectivity index (χ4n) is 2.13. The molecule has 1 heterocycles. The third kappa shape index (κ3) is 2.55. The Morgan fingerprint density at radius 3 is 2.52 bits per heavy atom. The minimum Gasteiger partial charge on any atom is -0.435 e. The Labute approximate surface area is 120 Å². The summed E-state index contributed by atoms with van der Waals surface area (Å²) in [6.45, 7) is 0.346. The zero-order valence-electron chi connectivity index (χ0n) is 11.0. The molecule has 0 bridgehead atoms. The molecule has 21 heavy (non-hydrogen) atoms. The lowest BCUT2D eigenvalue weighted by Gasteiger charge is -2.10. The Bertz CT molecular complexity index is 805. The number of rotatable bonds is 3. The van der Waals surface area contributed by atoms with Crippen LogP contribution in [0.25, 0.3) is 10.8 Å². The zero-order chi connectivity index (χ0) is 14.8. The van der Waals surface area contributed by atoms with E-state index in [1.165, 1.54) is 6.07 Å². The summed E-state index contributed by atoms with van der Waals surface area (Å²) in [4.78, 5) is 4.17. The predicted octanol–water partition coefficient (Wildman–Crippen LogP) is 3.76. The molecule has 0 aliphatic carbocycles. The maximum atomic E-state index is 13.7. The first kappa shape index (κ1) is 13.5. The van der Waals surface area contributed by atoms with E-state index in [0.29, 0.717) is 6.54 Å². The summed E-state index contributed by atoms with van der Waals surface area (Å²) in [7, 11) is 0. The maximum Gasteiger partial charge on any atom is 0.227 e. The molecule has 2 aromatic carbocycles. The fraction of sp³-hybridized carbons (Fsp3) is 0.0625. The molecule has 0 atom stereocenters. The van der Waals surface area contributed by atoms with E-state index in [9.17, 15) is 8.78 Å². The summed E-state index contributed by atoms with van der Waals surface area (Å²) >= 11 is 0. The first-order valence-electron chi connectivity index (χ1n) is 6.38. The van der Waals surface area contributed by atoms with E-state index >= 15 is 0 Å². The van der Waals surface area contributed by atoms with Crippen LogP contribution in [0, 0.1) is 11.6 Å². The van der Waals surface area contributed by atoms with E-state index in [0.717, 1.165) is 28.5 Å². The van der Waals surface area contributed by atoms with E-state index in [1.807, 2.05) is 24.3 Å². The van der Waals surface area contributed by atoms with Gasteiger partial charge in [0, 0.05) is 24.2 Å². The molecular weight excluding hydrogens is 274 g/mol. The highest BCUT2D eigenvalue weighted by Crippen LogP contribution is 2.31. The number of benzene rings is 2. The monoisotopic (exact) mass is 286 g/mol. The van der Waals surface area contributed by atoms with Crippen molar-refractivity contribution in [2.45, 2.75) is 6.54 Å². The molecule has 0 fully saturated rings. The Balaban J connectivity index is 2.09. The van der Waals surface area contributed by atoms with Crippen LogP contribution in [-0.2, 0) is 6.54 Å². The third-order valence-corrected chi connectivity index (χ3v) is 3.16. The topological polar surface area (TPSA) is 48.1 Å². The Hall–Kier alpha value is -2.53. The van der Waals surface area contributed by atoms with Gasteiger partial charge in [-0.1, -0.05) is 18.2 Å². The zero-order valence-corrected chi connectivity index (χ0v) is 11.0. The normalized spacial score (nSPS) is 10.8. The number of nitrogens with zero attached hydrogens (tertiary/aromatic N) is 1. The number of hydrogen-bond acceptors (Lipinski definition) is 3. The third-order valence-electron chi connectivity index (χ3n) is 3.16. The molecular formula is C16H12F2N2O. The molecule has 0 spiro atoms. The highest BCUT2D eigenvalue weighted by atomic mass is 19.1. The number of pyridine rings is 1. The molecule has 0 aliphatic rings. The molecule has 0 amide bonds. The quantitative estimate of drug-likeness (QED) is 0.797. The van der Waals surface area contributed by atoms with Gasteiger partial charge >= 0.3 is 0 Å². The van der Waals surface area contributed by atoms with Crippen LogP contribution in [0.1, 0.15) is 5.56 Å². The second-order valence-electron chi connectivity index (χ2n) is 4.52. The number of fused-ring (bicyclic) bond motifs is 1. The van der Waals surface area contributed by atoms with Gasteiger partial charge in [0.15, 0.2) is 11.6 Å². The molecule has 0 saturated heterocycles. The number of halogens is 2. The summed E-state index contributed by atoms with van der Waals surface area (Å²) in [6.07, 6.45) is 1.60. The predicted molar refractivity (Wildman–Crippen MR) is 76.1 cm³/mol. The molecule has 0 saturated carbocycles.